The van der Waals surface area contributed by atoms with Gasteiger partial charge in [-0.15, -0.1) is 0 Å². The van der Waals surface area contributed by atoms with Gasteiger partial charge in [0.15, 0.2) is 0 Å². The normalized spacial score (nSPS) is 15.9. The van der Waals surface area contributed by atoms with Crippen molar-refractivity contribution in [2.45, 2.75) is 64.3 Å². The average molecular weight is 527 g/mol. The van der Waals surface area contributed by atoms with E-state index in [1.54, 1.807) is 0 Å². The zero-order valence-corrected chi connectivity index (χ0v) is 23.6. The van der Waals surface area contributed by atoms with Crippen LogP contribution in [0.15, 0.2) is 78.9 Å². The van der Waals surface area contributed by atoms with Gasteiger partial charge < -0.3 is 15.0 Å². The number of carbonyl (C=O) groups is 2. The molecule has 0 aromatic heterocycles. The van der Waals surface area contributed by atoms with E-state index in [9.17, 15) is 9.59 Å². The van der Waals surface area contributed by atoms with Crippen LogP contribution in [-0.2, 0) is 14.9 Å². The lowest BCUT2D eigenvalue weighted by molar-refractivity contribution is -0.144. The van der Waals surface area contributed by atoms with Gasteiger partial charge in [0, 0.05) is 30.1 Å². The van der Waals surface area contributed by atoms with Crippen LogP contribution in [0.4, 0.5) is 0 Å². The molecule has 1 atom stereocenters. The van der Waals surface area contributed by atoms with E-state index in [0.29, 0.717) is 13.0 Å². The summed E-state index contributed by atoms with van der Waals surface area (Å²) in [5.41, 5.74) is 4.90. The van der Waals surface area contributed by atoms with E-state index in [4.69, 9.17) is 4.74 Å². The molecule has 0 spiro atoms. The summed E-state index contributed by atoms with van der Waals surface area (Å²) >= 11 is 0. The number of aryl methyl sites for hydroxylation is 1. The van der Waals surface area contributed by atoms with Crippen LogP contribution in [0.2, 0.25) is 0 Å². The van der Waals surface area contributed by atoms with Crippen LogP contribution in [0.1, 0.15) is 67.4 Å². The molecule has 1 amide bonds. The van der Waals surface area contributed by atoms with E-state index in [-0.39, 0.29) is 23.3 Å². The Bertz CT molecular complexity index is 1220. The predicted octanol–water partition coefficient (Wildman–Crippen LogP) is 6.55. The third-order valence-electron chi connectivity index (χ3n) is 7.97. The van der Waals surface area contributed by atoms with Crippen molar-refractivity contribution in [2.75, 3.05) is 26.2 Å². The third-order valence-corrected chi connectivity index (χ3v) is 7.97. The van der Waals surface area contributed by atoms with Gasteiger partial charge in [-0.05, 0) is 68.8 Å². The van der Waals surface area contributed by atoms with Crippen molar-refractivity contribution in [3.05, 3.63) is 95.6 Å². The Kier molecular flexibility index (Phi) is 9.94. The van der Waals surface area contributed by atoms with Gasteiger partial charge in [0.2, 0.25) is 0 Å². The lowest BCUT2D eigenvalue weighted by atomic mass is 9.76. The first kappa shape index (κ1) is 28.6. The molecule has 39 heavy (non-hydrogen) atoms. The van der Waals surface area contributed by atoms with Gasteiger partial charge >= 0.3 is 5.97 Å². The maximum absolute atomic E-state index is 13.2. The number of esters is 1. The number of hydrogen-bond donors (Lipinski definition) is 1. The molecule has 1 aliphatic rings. The van der Waals surface area contributed by atoms with E-state index in [1.165, 1.54) is 11.1 Å². The molecule has 5 nitrogen and oxygen atoms in total. The van der Waals surface area contributed by atoms with Crippen LogP contribution in [0.25, 0.3) is 11.1 Å². The predicted molar refractivity (Wildman–Crippen MR) is 158 cm³/mol. The van der Waals surface area contributed by atoms with Crippen LogP contribution in [0, 0.1) is 6.92 Å². The minimum atomic E-state index is -0.245. The third kappa shape index (κ3) is 7.79. The van der Waals surface area contributed by atoms with Crippen molar-refractivity contribution in [2.24, 2.45) is 0 Å². The second kappa shape index (κ2) is 13.6. The molecule has 1 saturated heterocycles. The topological polar surface area (TPSA) is 58.6 Å². The molecule has 3 aromatic carbocycles. The summed E-state index contributed by atoms with van der Waals surface area (Å²) in [7, 11) is 0. The highest BCUT2D eigenvalue weighted by Crippen LogP contribution is 2.33. The second-order valence-corrected chi connectivity index (χ2v) is 11.0. The Hall–Kier alpha value is -3.44. The van der Waals surface area contributed by atoms with Crippen LogP contribution < -0.4 is 5.32 Å². The maximum Gasteiger partial charge on any atom is 0.306 e. The molecular formula is C34H42N2O3. The first-order valence-electron chi connectivity index (χ1n) is 14.3. The van der Waals surface area contributed by atoms with Crippen LogP contribution in [0.3, 0.4) is 0 Å². The van der Waals surface area contributed by atoms with Crippen molar-refractivity contribution < 1.29 is 14.3 Å². The zero-order valence-electron chi connectivity index (χ0n) is 23.6. The standard InChI is InChI=1S/C34H42N2O3/c1-4-39-32(37)25-34(3,28-11-6-5-7-12-28)21-10-22-36-23-19-29(20-24-36)35-33(38)31-14-9-8-13-30(31)27-17-15-26(2)16-18-27/h5-9,11-18,29H,4,10,19-25H2,1-3H3,(H,35,38). The Balaban J connectivity index is 1.28. The number of nitrogens with one attached hydrogen (secondary N) is 1. The summed E-state index contributed by atoms with van der Waals surface area (Å²) in [5.74, 6) is -0.133. The van der Waals surface area contributed by atoms with Crippen LogP contribution in [0.5, 0.6) is 0 Å². The lowest BCUT2D eigenvalue weighted by Gasteiger charge is -2.34. The number of nitrogens with zero attached hydrogens (tertiary/aromatic N) is 1. The highest BCUT2D eigenvalue weighted by atomic mass is 16.5. The molecule has 1 fully saturated rings. The van der Waals surface area contributed by atoms with Crippen molar-refractivity contribution in [3.63, 3.8) is 0 Å². The zero-order chi connectivity index (χ0) is 27.7. The molecule has 1 N–H and O–H groups in total. The van der Waals surface area contributed by atoms with E-state index < -0.39 is 0 Å². The number of piperidine rings is 1. The largest absolute Gasteiger partial charge is 0.466 e. The number of carbonyl (C=O) groups excluding carboxylic acids is 2. The van der Waals surface area contributed by atoms with Gasteiger partial charge in [0.25, 0.3) is 5.91 Å². The van der Waals surface area contributed by atoms with E-state index in [0.717, 1.165) is 62.0 Å². The number of amides is 1. The molecule has 4 rings (SSSR count). The smallest absolute Gasteiger partial charge is 0.306 e. The molecule has 5 heteroatoms. The van der Waals surface area contributed by atoms with E-state index in [2.05, 4.69) is 60.5 Å². The summed E-state index contributed by atoms with van der Waals surface area (Å²) in [6.07, 6.45) is 4.20. The Labute approximate surface area is 233 Å². The summed E-state index contributed by atoms with van der Waals surface area (Å²) in [5, 5.41) is 3.30. The van der Waals surface area contributed by atoms with Gasteiger partial charge in [-0.3, -0.25) is 9.59 Å². The fourth-order valence-electron chi connectivity index (χ4n) is 5.63. The Morgan fingerprint density at radius 2 is 1.62 bits per heavy atom. The quantitative estimate of drug-likeness (QED) is 0.288. The first-order valence-corrected chi connectivity index (χ1v) is 14.3. The Morgan fingerprint density at radius 3 is 2.31 bits per heavy atom. The van der Waals surface area contributed by atoms with Crippen molar-refractivity contribution in [3.8, 4) is 11.1 Å². The minimum Gasteiger partial charge on any atom is -0.466 e. The number of likely N-dealkylation sites (tertiary alicyclic amines) is 1. The highest BCUT2D eigenvalue weighted by molar-refractivity contribution is 6.01. The van der Waals surface area contributed by atoms with Gasteiger partial charge in [-0.2, -0.15) is 0 Å². The lowest BCUT2D eigenvalue weighted by Crippen LogP contribution is -2.45. The molecule has 3 aromatic rings. The fourth-order valence-corrected chi connectivity index (χ4v) is 5.63. The molecule has 1 aliphatic heterocycles. The molecule has 0 radical (unpaired) electrons. The van der Waals surface area contributed by atoms with Gasteiger partial charge in [-0.1, -0.05) is 85.3 Å². The molecule has 0 bridgehead atoms. The first-order chi connectivity index (χ1) is 18.9. The highest BCUT2D eigenvalue weighted by Gasteiger charge is 2.30. The monoisotopic (exact) mass is 526 g/mol. The molecule has 1 heterocycles. The molecule has 0 saturated carbocycles. The van der Waals surface area contributed by atoms with Crippen molar-refractivity contribution >= 4 is 11.9 Å². The second-order valence-electron chi connectivity index (χ2n) is 11.0. The van der Waals surface area contributed by atoms with Crippen LogP contribution >= 0.6 is 0 Å². The molecule has 0 aliphatic carbocycles. The summed E-state index contributed by atoms with van der Waals surface area (Å²) in [6, 6.07) is 26.7. The average Bonchev–Trinajstić information content (AvgIpc) is 2.95. The van der Waals surface area contributed by atoms with Gasteiger partial charge in [0.05, 0.1) is 13.0 Å². The van der Waals surface area contributed by atoms with Crippen molar-refractivity contribution in [1.82, 2.24) is 10.2 Å². The Morgan fingerprint density at radius 1 is 0.949 bits per heavy atom. The maximum atomic E-state index is 13.2. The fraction of sp³-hybridized carbons (Fsp3) is 0.412. The summed E-state index contributed by atoms with van der Waals surface area (Å²) < 4.78 is 5.28. The molecule has 206 valence electrons. The number of ether oxygens (including phenoxy) is 1. The minimum absolute atomic E-state index is 0.00205. The number of hydrogen-bond acceptors (Lipinski definition) is 4. The summed E-state index contributed by atoms with van der Waals surface area (Å²) in [4.78, 5) is 28.1. The van der Waals surface area contributed by atoms with Crippen molar-refractivity contribution in [1.29, 1.82) is 0 Å². The number of benzene rings is 3. The summed E-state index contributed by atoms with van der Waals surface area (Å²) in [6.45, 7) is 9.42. The van der Waals surface area contributed by atoms with E-state index >= 15 is 0 Å². The van der Waals surface area contributed by atoms with Crippen LogP contribution in [-0.4, -0.2) is 49.1 Å². The van der Waals surface area contributed by atoms with E-state index in [1.807, 2.05) is 49.4 Å². The SMILES string of the molecule is CCOC(=O)CC(C)(CCCN1CCC(NC(=O)c2ccccc2-c2ccc(C)cc2)CC1)c1ccccc1. The molecule has 1 unspecified atom stereocenters. The van der Waals surface area contributed by atoms with Gasteiger partial charge in [0.1, 0.15) is 0 Å². The van der Waals surface area contributed by atoms with Gasteiger partial charge in [-0.25, -0.2) is 0 Å². The number of rotatable bonds is 11. The molecular weight excluding hydrogens is 484 g/mol.